The molecule has 0 radical (unpaired) electrons. The Kier molecular flexibility index (Phi) is 5.40. The van der Waals surface area contributed by atoms with Crippen LogP contribution in [0, 0.1) is 13.8 Å². The highest BCUT2D eigenvalue weighted by molar-refractivity contribution is 6.30. The van der Waals surface area contributed by atoms with E-state index in [2.05, 4.69) is 5.32 Å². The predicted molar refractivity (Wildman–Crippen MR) is 94.0 cm³/mol. The summed E-state index contributed by atoms with van der Waals surface area (Å²) in [6, 6.07) is 12.7. The SMILES string of the molecule is CC(=O)N(CC(=O)Nc1cc(C)ccc1C)c1ccc(Cl)cc1. The lowest BCUT2D eigenvalue weighted by molar-refractivity contribution is -0.120. The van der Waals surface area contributed by atoms with E-state index in [0.29, 0.717) is 10.7 Å². The van der Waals surface area contributed by atoms with E-state index in [0.717, 1.165) is 16.8 Å². The molecule has 0 atom stereocenters. The summed E-state index contributed by atoms with van der Waals surface area (Å²) in [5.74, 6) is -0.452. The number of nitrogens with one attached hydrogen (secondary N) is 1. The fourth-order valence-corrected chi connectivity index (χ4v) is 2.34. The van der Waals surface area contributed by atoms with E-state index in [9.17, 15) is 9.59 Å². The Morgan fingerprint density at radius 3 is 2.35 bits per heavy atom. The molecule has 0 aromatic heterocycles. The first-order valence-corrected chi connectivity index (χ1v) is 7.65. The van der Waals surface area contributed by atoms with E-state index in [4.69, 9.17) is 11.6 Å². The van der Waals surface area contributed by atoms with Crippen molar-refractivity contribution in [3.05, 3.63) is 58.6 Å². The van der Waals surface area contributed by atoms with Gasteiger partial charge in [0.1, 0.15) is 6.54 Å². The summed E-state index contributed by atoms with van der Waals surface area (Å²) in [5.41, 5.74) is 3.43. The second kappa shape index (κ2) is 7.29. The zero-order chi connectivity index (χ0) is 17.0. The summed E-state index contributed by atoms with van der Waals surface area (Å²) < 4.78 is 0. The van der Waals surface area contributed by atoms with Crippen molar-refractivity contribution in [3.8, 4) is 0 Å². The van der Waals surface area contributed by atoms with E-state index < -0.39 is 0 Å². The number of hydrogen-bond acceptors (Lipinski definition) is 2. The topological polar surface area (TPSA) is 49.4 Å². The molecule has 1 N–H and O–H groups in total. The molecule has 0 fully saturated rings. The van der Waals surface area contributed by atoms with Gasteiger partial charge in [0, 0.05) is 23.3 Å². The quantitative estimate of drug-likeness (QED) is 0.922. The van der Waals surface area contributed by atoms with Crippen LogP contribution < -0.4 is 10.2 Å². The summed E-state index contributed by atoms with van der Waals surface area (Å²) in [6.45, 7) is 5.27. The van der Waals surface area contributed by atoms with Crippen LogP contribution >= 0.6 is 11.6 Å². The molecule has 0 saturated carbocycles. The molecular weight excluding hydrogens is 312 g/mol. The fraction of sp³-hybridized carbons (Fsp3) is 0.222. The monoisotopic (exact) mass is 330 g/mol. The van der Waals surface area contributed by atoms with Gasteiger partial charge in [-0.25, -0.2) is 0 Å². The molecule has 2 rings (SSSR count). The normalized spacial score (nSPS) is 10.3. The zero-order valence-corrected chi connectivity index (χ0v) is 14.1. The third kappa shape index (κ3) is 4.57. The minimum absolute atomic E-state index is 0.0512. The Morgan fingerprint density at radius 2 is 1.74 bits per heavy atom. The van der Waals surface area contributed by atoms with Crippen molar-refractivity contribution in [1.29, 1.82) is 0 Å². The Bertz CT molecular complexity index is 726. The number of benzene rings is 2. The minimum Gasteiger partial charge on any atom is -0.324 e. The average molecular weight is 331 g/mol. The van der Waals surface area contributed by atoms with Crippen LogP contribution in [0.5, 0.6) is 0 Å². The van der Waals surface area contributed by atoms with Gasteiger partial charge in [-0.3, -0.25) is 9.59 Å². The third-order valence-electron chi connectivity index (χ3n) is 3.49. The van der Waals surface area contributed by atoms with Crippen molar-refractivity contribution < 1.29 is 9.59 Å². The summed E-state index contributed by atoms with van der Waals surface area (Å²) in [5, 5.41) is 3.44. The van der Waals surface area contributed by atoms with Gasteiger partial charge in [-0.1, -0.05) is 23.7 Å². The van der Waals surface area contributed by atoms with Crippen LogP contribution in [-0.2, 0) is 9.59 Å². The number of rotatable bonds is 4. The summed E-state index contributed by atoms with van der Waals surface area (Å²) in [7, 11) is 0. The molecule has 5 heteroatoms. The van der Waals surface area contributed by atoms with E-state index in [1.807, 2.05) is 32.0 Å². The van der Waals surface area contributed by atoms with Crippen molar-refractivity contribution in [2.75, 3.05) is 16.8 Å². The lowest BCUT2D eigenvalue weighted by Gasteiger charge is -2.21. The second-order valence-electron chi connectivity index (χ2n) is 5.45. The third-order valence-corrected chi connectivity index (χ3v) is 3.74. The molecule has 0 aliphatic heterocycles. The van der Waals surface area contributed by atoms with Gasteiger partial charge < -0.3 is 10.2 Å². The number of aryl methyl sites for hydroxylation is 2. The first-order valence-electron chi connectivity index (χ1n) is 7.27. The van der Waals surface area contributed by atoms with Crippen LogP contribution in [0.4, 0.5) is 11.4 Å². The Balaban J connectivity index is 2.14. The van der Waals surface area contributed by atoms with Crippen LogP contribution in [0.1, 0.15) is 18.1 Å². The fourth-order valence-electron chi connectivity index (χ4n) is 2.21. The van der Waals surface area contributed by atoms with E-state index in [-0.39, 0.29) is 18.4 Å². The number of nitrogens with zero attached hydrogens (tertiary/aromatic N) is 1. The highest BCUT2D eigenvalue weighted by Crippen LogP contribution is 2.19. The molecule has 0 heterocycles. The van der Waals surface area contributed by atoms with Crippen LogP contribution in [0.25, 0.3) is 0 Å². The predicted octanol–water partition coefficient (Wildman–Crippen LogP) is 3.95. The molecule has 0 bridgehead atoms. The molecule has 0 aliphatic carbocycles. The van der Waals surface area contributed by atoms with Crippen LogP contribution in [0.3, 0.4) is 0 Å². The second-order valence-corrected chi connectivity index (χ2v) is 5.88. The molecule has 2 amide bonds. The average Bonchev–Trinajstić information content (AvgIpc) is 2.49. The van der Waals surface area contributed by atoms with E-state index in [1.54, 1.807) is 24.3 Å². The van der Waals surface area contributed by atoms with Crippen LogP contribution in [-0.4, -0.2) is 18.4 Å². The van der Waals surface area contributed by atoms with Crippen molar-refractivity contribution in [1.82, 2.24) is 0 Å². The summed E-state index contributed by atoms with van der Waals surface area (Å²) >= 11 is 5.86. The van der Waals surface area contributed by atoms with Gasteiger partial charge in [0.05, 0.1) is 0 Å². The van der Waals surface area contributed by atoms with Crippen LogP contribution in [0.2, 0.25) is 5.02 Å². The molecule has 0 unspecified atom stereocenters. The zero-order valence-electron chi connectivity index (χ0n) is 13.4. The Morgan fingerprint density at radius 1 is 1.09 bits per heavy atom. The highest BCUT2D eigenvalue weighted by Gasteiger charge is 2.16. The molecule has 0 spiro atoms. The molecule has 120 valence electrons. The minimum atomic E-state index is -0.246. The Labute approximate surface area is 141 Å². The largest absolute Gasteiger partial charge is 0.324 e. The molecule has 0 saturated heterocycles. The van der Waals surface area contributed by atoms with Gasteiger partial charge in [0.2, 0.25) is 11.8 Å². The lowest BCUT2D eigenvalue weighted by Crippen LogP contribution is -2.36. The van der Waals surface area contributed by atoms with Gasteiger partial charge in [-0.05, 0) is 55.3 Å². The maximum Gasteiger partial charge on any atom is 0.244 e. The number of carbonyl (C=O) groups is 2. The lowest BCUT2D eigenvalue weighted by atomic mass is 10.1. The van der Waals surface area contributed by atoms with E-state index in [1.165, 1.54) is 11.8 Å². The maximum atomic E-state index is 12.3. The maximum absolute atomic E-state index is 12.3. The van der Waals surface area contributed by atoms with Crippen molar-refractivity contribution in [3.63, 3.8) is 0 Å². The number of anilines is 2. The number of carbonyl (C=O) groups excluding carboxylic acids is 2. The van der Waals surface area contributed by atoms with Crippen molar-refractivity contribution >= 4 is 34.8 Å². The first kappa shape index (κ1) is 17.0. The van der Waals surface area contributed by atoms with E-state index >= 15 is 0 Å². The molecular formula is C18H19ClN2O2. The summed E-state index contributed by atoms with van der Waals surface area (Å²) in [4.78, 5) is 25.6. The van der Waals surface area contributed by atoms with Crippen molar-refractivity contribution in [2.45, 2.75) is 20.8 Å². The number of hydrogen-bond donors (Lipinski definition) is 1. The molecule has 2 aromatic carbocycles. The van der Waals surface area contributed by atoms with Crippen molar-refractivity contribution in [2.24, 2.45) is 0 Å². The molecule has 4 nitrogen and oxygen atoms in total. The number of halogens is 1. The van der Waals surface area contributed by atoms with Crippen LogP contribution in [0.15, 0.2) is 42.5 Å². The van der Waals surface area contributed by atoms with Gasteiger partial charge >= 0.3 is 0 Å². The van der Waals surface area contributed by atoms with Gasteiger partial charge in [-0.15, -0.1) is 0 Å². The molecule has 23 heavy (non-hydrogen) atoms. The summed E-state index contributed by atoms with van der Waals surface area (Å²) in [6.07, 6.45) is 0. The molecule has 0 aliphatic rings. The Hall–Kier alpha value is -2.33. The van der Waals surface area contributed by atoms with Gasteiger partial charge in [0.25, 0.3) is 0 Å². The smallest absolute Gasteiger partial charge is 0.244 e. The number of amides is 2. The van der Waals surface area contributed by atoms with Gasteiger partial charge in [0.15, 0.2) is 0 Å². The first-order chi connectivity index (χ1) is 10.9. The van der Waals surface area contributed by atoms with Gasteiger partial charge in [-0.2, -0.15) is 0 Å². The highest BCUT2D eigenvalue weighted by atomic mass is 35.5. The standard InChI is InChI=1S/C18H19ClN2O2/c1-12-4-5-13(2)17(10-12)20-18(23)11-21(14(3)22)16-8-6-15(19)7-9-16/h4-10H,11H2,1-3H3,(H,20,23). The molecule has 2 aromatic rings.